The van der Waals surface area contributed by atoms with Gasteiger partial charge in [0.15, 0.2) is 0 Å². The molecular formula is C27H47N3O4. The molecule has 1 aliphatic heterocycles. The molecule has 4 atom stereocenters. The van der Waals surface area contributed by atoms with Crippen molar-refractivity contribution in [3.8, 4) is 5.75 Å². The van der Waals surface area contributed by atoms with Gasteiger partial charge in [-0.05, 0) is 71.3 Å². The maximum absolute atomic E-state index is 13.9. The number of anilines is 1. The monoisotopic (exact) mass is 477 g/mol. The number of fused-ring (bicyclic) bond motifs is 1. The molecule has 7 nitrogen and oxygen atoms in total. The predicted molar refractivity (Wildman–Crippen MR) is 139 cm³/mol. The first-order valence-electron chi connectivity index (χ1n) is 12.9. The van der Waals surface area contributed by atoms with E-state index in [-0.39, 0.29) is 36.7 Å². The lowest BCUT2D eigenvalue weighted by Crippen LogP contribution is -2.47. The van der Waals surface area contributed by atoms with Crippen LogP contribution in [0.5, 0.6) is 5.75 Å². The summed E-state index contributed by atoms with van der Waals surface area (Å²) in [4.78, 5) is 20.0. The highest BCUT2D eigenvalue weighted by Gasteiger charge is 2.30. The van der Waals surface area contributed by atoms with Crippen LogP contribution in [0.2, 0.25) is 0 Å². The van der Waals surface area contributed by atoms with Crippen LogP contribution in [0.4, 0.5) is 5.69 Å². The second-order valence-corrected chi connectivity index (χ2v) is 10.1. The number of rotatable bonds is 7. The van der Waals surface area contributed by atoms with Crippen molar-refractivity contribution in [2.45, 2.75) is 71.6 Å². The van der Waals surface area contributed by atoms with Crippen LogP contribution in [0.1, 0.15) is 63.7 Å². The summed E-state index contributed by atoms with van der Waals surface area (Å²) in [6.07, 6.45) is 4.00. The van der Waals surface area contributed by atoms with Crippen molar-refractivity contribution in [2.75, 3.05) is 58.9 Å². The van der Waals surface area contributed by atoms with Crippen LogP contribution in [-0.4, -0.2) is 93.1 Å². The third-order valence-electron chi connectivity index (χ3n) is 6.65. The zero-order valence-corrected chi connectivity index (χ0v) is 22.4. The summed E-state index contributed by atoms with van der Waals surface area (Å²) in [5.41, 5.74) is 1.49. The van der Waals surface area contributed by atoms with Crippen LogP contribution in [-0.2, 0) is 4.74 Å². The molecule has 0 radical (unpaired) electrons. The molecule has 0 aliphatic carbocycles. The van der Waals surface area contributed by atoms with Gasteiger partial charge in [0.05, 0.1) is 30.4 Å². The van der Waals surface area contributed by atoms with E-state index in [1.807, 2.05) is 44.1 Å². The SMILES string of the molecule is CCCN(C)C[C@H]1OCCCC[C@H](C)Oc2ccc(N(C)C)cc2C(=O)N([C@@H](C)CO)C[C@H]1C. The predicted octanol–water partition coefficient (Wildman–Crippen LogP) is 3.89. The molecule has 7 heteroatoms. The molecule has 0 fully saturated rings. The van der Waals surface area contributed by atoms with Crippen molar-refractivity contribution in [1.29, 1.82) is 0 Å². The van der Waals surface area contributed by atoms with E-state index in [2.05, 4.69) is 32.7 Å². The molecule has 34 heavy (non-hydrogen) atoms. The molecule has 1 aromatic rings. The van der Waals surface area contributed by atoms with Gasteiger partial charge in [-0.15, -0.1) is 0 Å². The molecule has 0 bridgehead atoms. The van der Waals surface area contributed by atoms with E-state index in [0.29, 0.717) is 24.5 Å². The number of aliphatic hydroxyl groups is 1. The van der Waals surface area contributed by atoms with Gasteiger partial charge in [-0.25, -0.2) is 0 Å². The summed E-state index contributed by atoms with van der Waals surface area (Å²) in [7, 11) is 6.05. The summed E-state index contributed by atoms with van der Waals surface area (Å²) in [5, 5.41) is 10.0. The normalized spacial score (nSPS) is 23.7. The van der Waals surface area contributed by atoms with E-state index < -0.39 is 0 Å². The first kappa shape index (κ1) is 28.4. The molecular weight excluding hydrogens is 430 g/mol. The fourth-order valence-corrected chi connectivity index (χ4v) is 4.43. The van der Waals surface area contributed by atoms with Gasteiger partial charge in [0.2, 0.25) is 0 Å². The summed E-state index contributed by atoms with van der Waals surface area (Å²) >= 11 is 0. The Balaban J connectivity index is 2.45. The number of amides is 1. The van der Waals surface area contributed by atoms with Gasteiger partial charge in [-0.1, -0.05) is 13.8 Å². The number of benzene rings is 1. The molecule has 0 unspecified atom stereocenters. The van der Waals surface area contributed by atoms with Gasteiger partial charge >= 0.3 is 0 Å². The number of aliphatic hydroxyl groups excluding tert-OH is 1. The number of nitrogens with zero attached hydrogens (tertiary/aromatic N) is 3. The van der Waals surface area contributed by atoms with Crippen molar-refractivity contribution in [2.24, 2.45) is 5.92 Å². The van der Waals surface area contributed by atoms with Gasteiger partial charge < -0.3 is 29.3 Å². The van der Waals surface area contributed by atoms with Crippen molar-refractivity contribution < 1.29 is 19.4 Å². The Kier molecular flexibility index (Phi) is 11.6. The van der Waals surface area contributed by atoms with Crippen molar-refractivity contribution in [3.05, 3.63) is 23.8 Å². The smallest absolute Gasteiger partial charge is 0.258 e. The van der Waals surface area contributed by atoms with Crippen LogP contribution in [0.25, 0.3) is 0 Å². The molecule has 0 saturated carbocycles. The van der Waals surface area contributed by atoms with Gasteiger partial charge in [-0.3, -0.25) is 4.79 Å². The molecule has 1 aromatic carbocycles. The largest absolute Gasteiger partial charge is 0.490 e. The lowest BCUT2D eigenvalue weighted by molar-refractivity contribution is -0.0167. The summed E-state index contributed by atoms with van der Waals surface area (Å²) < 4.78 is 12.6. The van der Waals surface area contributed by atoms with Crippen LogP contribution in [0.3, 0.4) is 0 Å². The average molecular weight is 478 g/mol. The van der Waals surface area contributed by atoms with Crippen LogP contribution in [0, 0.1) is 5.92 Å². The summed E-state index contributed by atoms with van der Waals surface area (Å²) in [5.74, 6) is 0.607. The first-order chi connectivity index (χ1) is 16.2. The van der Waals surface area contributed by atoms with Gasteiger partial charge in [0.1, 0.15) is 5.75 Å². The highest BCUT2D eigenvalue weighted by molar-refractivity contribution is 5.98. The lowest BCUT2D eigenvalue weighted by Gasteiger charge is -2.36. The fraction of sp³-hybridized carbons (Fsp3) is 0.741. The Labute approximate surface area is 207 Å². The standard InChI is InChI=1S/C27H47N3O4/c1-8-14-29(7)18-26-20(2)17-30(21(3)19-31)27(32)24-16-23(28(5)6)12-13-25(24)34-22(4)11-9-10-15-33-26/h12-13,16,20-22,26,31H,8-11,14-15,17-19H2,1-7H3/t20-,21+,22+,26-/m1/s1. The molecule has 1 amide bonds. The zero-order valence-electron chi connectivity index (χ0n) is 22.4. The average Bonchev–Trinajstić information content (AvgIpc) is 2.80. The molecule has 0 aromatic heterocycles. The van der Waals surface area contributed by atoms with E-state index in [1.54, 1.807) is 4.90 Å². The fourth-order valence-electron chi connectivity index (χ4n) is 4.43. The molecule has 0 spiro atoms. The molecule has 1 aliphatic rings. The maximum Gasteiger partial charge on any atom is 0.258 e. The van der Waals surface area contributed by atoms with Gasteiger partial charge in [0, 0.05) is 45.4 Å². The van der Waals surface area contributed by atoms with E-state index in [0.717, 1.165) is 44.5 Å². The molecule has 2 rings (SSSR count). The van der Waals surface area contributed by atoms with Crippen molar-refractivity contribution >= 4 is 11.6 Å². The highest BCUT2D eigenvalue weighted by Crippen LogP contribution is 2.29. The first-order valence-corrected chi connectivity index (χ1v) is 12.9. The molecule has 1 N–H and O–H groups in total. The Morgan fingerprint density at radius 2 is 1.94 bits per heavy atom. The second kappa shape index (κ2) is 13.9. The molecule has 1 heterocycles. The van der Waals surface area contributed by atoms with Crippen LogP contribution >= 0.6 is 0 Å². The van der Waals surface area contributed by atoms with Crippen LogP contribution in [0.15, 0.2) is 18.2 Å². The minimum Gasteiger partial charge on any atom is -0.490 e. The zero-order chi connectivity index (χ0) is 25.3. The number of ether oxygens (including phenoxy) is 2. The van der Waals surface area contributed by atoms with E-state index >= 15 is 0 Å². The Hall–Kier alpha value is -1.83. The highest BCUT2D eigenvalue weighted by atomic mass is 16.5. The van der Waals surface area contributed by atoms with Crippen molar-refractivity contribution in [3.63, 3.8) is 0 Å². The molecule has 194 valence electrons. The lowest BCUT2D eigenvalue weighted by atomic mass is 10.0. The third-order valence-corrected chi connectivity index (χ3v) is 6.65. The van der Waals surface area contributed by atoms with Crippen molar-refractivity contribution in [1.82, 2.24) is 9.80 Å². The number of carbonyl (C=O) groups excluding carboxylic acids is 1. The summed E-state index contributed by atoms with van der Waals surface area (Å²) in [6.45, 7) is 11.2. The number of hydrogen-bond donors (Lipinski definition) is 1. The topological polar surface area (TPSA) is 65.5 Å². The Morgan fingerprint density at radius 3 is 2.59 bits per heavy atom. The summed E-state index contributed by atoms with van der Waals surface area (Å²) in [6, 6.07) is 5.48. The number of likely N-dealkylation sites (N-methyl/N-ethyl adjacent to an activating group) is 1. The van der Waals surface area contributed by atoms with E-state index in [1.165, 1.54) is 0 Å². The number of carbonyl (C=O) groups is 1. The molecule has 0 saturated heterocycles. The second-order valence-electron chi connectivity index (χ2n) is 10.1. The third kappa shape index (κ3) is 8.14. The minimum absolute atomic E-state index is 0.00572. The van der Waals surface area contributed by atoms with E-state index in [4.69, 9.17) is 9.47 Å². The van der Waals surface area contributed by atoms with Gasteiger partial charge in [0.25, 0.3) is 5.91 Å². The minimum atomic E-state index is -0.315. The Morgan fingerprint density at radius 1 is 1.21 bits per heavy atom. The maximum atomic E-state index is 13.9. The number of hydrogen-bond acceptors (Lipinski definition) is 6. The Bertz CT molecular complexity index is 757. The quantitative estimate of drug-likeness (QED) is 0.643. The van der Waals surface area contributed by atoms with E-state index in [9.17, 15) is 9.90 Å². The van der Waals surface area contributed by atoms with Gasteiger partial charge in [-0.2, -0.15) is 0 Å². The van der Waals surface area contributed by atoms with Crippen LogP contribution < -0.4 is 9.64 Å².